The van der Waals surface area contributed by atoms with Gasteiger partial charge >= 0.3 is 24.3 Å². The van der Waals surface area contributed by atoms with Gasteiger partial charge in [-0.3, -0.25) is 9.80 Å². The van der Waals surface area contributed by atoms with Crippen LogP contribution in [0.5, 0.6) is 11.5 Å². The van der Waals surface area contributed by atoms with Crippen LogP contribution >= 0.6 is 0 Å². The van der Waals surface area contributed by atoms with Gasteiger partial charge in [-0.2, -0.15) is 26.3 Å². The minimum Gasteiger partial charge on any atom is -0.508 e. The fourth-order valence-corrected chi connectivity index (χ4v) is 8.23. The number of hydrogen-bond acceptors (Lipinski definition) is 9. The fourth-order valence-electron chi connectivity index (χ4n) is 8.23. The standard InChI is InChI=1S/C20H24F5NO3.C12H20F3NO.C8H6F2O3/c1-28-19(27)18-16(21)9-14(10-17(18)22)29-7-4-13-8-15(13)12-2-5-26(6-3-12)11-20(23,24)25;13-12(14,15)8-16-4-1-9(2-5-16)11-7-10(11)3-6-17;1-13-8(12)7-5(9)2-4(11)3-6(7)10/h9-10,12-13,15H,2-8,11H2,1H3;9-11,17H,1-8H2;2-3,11H,1H3/t13-,15-;10-,11-;/m11./s1. The van der Waals surface area contributed by atoms with Crippen molar-refractivity contribution in [1.29, 1.82) is 0 Å². The average molecular weight is 861 g/mol. The Morgan fingerprint density at radius 1 is 0.661 bits per heavy atom. The summed E-state index contributed by atoms with van der Waals surface area (Å²) in [6.45, 7) is 1.01. The number of hydrogen-bond donors (Lipinski definition) is 2. The van der Waals surface area contributed by atoms with Gasteiger partial charge in [0, 0.05) is 30.9 Å². The van der Waals surface area contributed by atoms with Crippen LogP contribution in [0.1, 0.15) is 72.1 Å². The van der Waals surface area contributed by atoms with E-state index in [4.69, 9.17) is 14.9 Å². The van der Waals surface area contributed by atoms with Gasteiger partial charge in [-0.1, -0.05) is 0 Å². The van der Waals surface area contributed by atoms with Gasteiger partial charge in [0.05, 0.1) is 33.9 Å². The van der Waals surface area contributed by atoms with E-state index in [-0.39, 0.29) is 19.0 Å². The molecule has 19 heteroatoms. The van der Waals surface area contributed by atoms with Crippen molar-refractivity contribution in [2.45, 2.75) is 63.7 Å². The zero-order chi connectivity index (χ0) is 43.7. The van der Waals surface area contributed by atoms with Gasteiger partial charge in [0.15, 0.2) is 0 Å². The summed E-state index contributed by atoms with van der Waals surface area (Å²) in [4.78, 5) is 25.1. The van der Waals surface area contributed by atoms with Crippen LogP contribution in [-0.4, -0.2) is 111 Å². The maximum Gasteiger partial charge on any atom is 0.401 e. The minimum atomic E-state index is -4.15. The molecule has 2 aromatic carbocycles. The molecule has 2 N–H and O–H groups in total. The Morgan fingerprint density at radius 3 is 1.39 bits per heavy atom. The van der Waals surface area contributed by atoms with Crippen LogP contribution in [0, 0.1) is 58.8 Å². The van der Waals surface area contributed by atoms with Crippen molar-refractivity contribution in [3.05, 3.63) is 58.7 Å². The van der Waals surface area contributed by atoms with E-state index in [0.29, 0.717) is 73.8 Å². The zero-order valence-corrected chi connectivity index (χ0v) is 32.7. The molecule has 2 aliphatic carbocycles. The van der Waals surface area contributed by atoms with Gasteiger partial charge in [0.2, 0.25) is 0 Å². The van der Waals surface area contributed by atoms with Crippen LogP contribution in [0.3, 0.4) is 0 Å². The summed E-state index contributed by atoms with van der Waals surface area (Å²) < 4.78 is 141. The molecule has 0 amide bonds. The number of phenols is 1. The molecule has 4 fully saturated rings. The quantitative estimate of drug-likeness (QED) is 0.162. The van der Waals surface area contributed by atoms with E-state index >= 15 is 0 Å². The highest BCUT2D eigenvalue weighted by Gasteiger charge is 2.45. The van der Waals surface area contributed by atoms with Crippen LogP contribution < -0.4 is 4.74 Å². The number of nitrogens with zero attached hydrogens (tertiary/aromatic N) is 2. The van der Waals surface area contributed by atoms with Crippen molar-refractivity contribution in [3.8, 4) is 11.5 Å². The van der Waals surface area contributed by atoms with Crippen molar-refractivity contribution >= 4 is 11.9 Å². The molecular weight excluding hydrogens is 810 g/mol. The van der Waals surface area contributed by atoms with Crippen molar-refractivity contribution in [2.75, 3.05) is 66.7 Å². The number of piperidine rings is 2. The molecule has 2 saturated carbocycles. The summed E-state index contributed by atoms with van der Waals surface area (Å²) in [5.41, 5.74) is -1.56. The van der Waals surface area contributed by atoms with Gasteiger partial charge in [0.25, 0.3) is 0 Å². The third-order valence-corrected chi connectivity index (χ3v) is 11.3. The van der Waals surface area contributed by atoms with Crippen LogP contribution in [0.15, 0.2) is 24.3 Å². The second kappa shape index (κ2) is 21.1. The predicted octanol–water partition coefficient (Wildman–Crippen LogP) is 8.17. The number of halogens is 10. The number of aliphatic hydroxyl groups excluding tert-OH is 1. The SMILES string of the molecule is COC(=O)c1c(F)cc(O)cc1F.COC(=O)c1c(F)cc(OCC[C@@H]2C[C@@H]2C2CCN(CC(F)(F)F)CC2)cc1F.OCC[C@@H]1C[C@@H]1C1CCN(CC(F)(F)F)CC1. The number of likely N-dealkylation sites (tertiary alicyclic amines) is 2. The molecule has 4 aliphatic rings. The van der Waals surface area contributed by atoms with Crippen LogP contribution in [0.2, 0.25) is 0 Å². The lowest BCUT2D eigenvalue weighted by Crippen LogP contribution is -2.40. The maximum atomic E-state index is 13.9. The van der Waals surface area contributed by atoms with Crippen molar-refractivity contribution in [3.63, 3.8) is 0 Å². The number of aromatic hydroxyl groups is 1. The lowest BCUT2D eigenvalue weighted by molar-refractivity contribution is -0.149. The summed E-state index contributed by atoms with van der Waals surface area (Å²) >= 11 is 0. The molecule has 4 atom stereocenters. The zero-order valence-electron chi connectivity index (χ0n) is 32.7. The number of ether oxygens (including phenoxy) is 3. The number of alkyl halides is 6. The maximum absolute atomic E-state index is 13.9. The molecule has 2 saturated heterocycles. The van der Waals surface area contributed by atoms with Crippen LogP contribution in [0.4, 0.5) is 43.9 Å². The first-order valence-electron chi connectivity index (χ1n) is 19.4. The highest BCUT2D eigenvalue weighted by atomic mass is 19.4. The van der Waals surface area contributed by atoms with Gasteiger partial charge in [-0.25, -0.2) is 27.2 Å². The molecule has 6 rings (SSSR count). The number of esters is 2. The highest BCUT2D eigenvalue weighted by molar-refractivity contribution is 5.90. The summed E-state index contributed by atoms with van der Waals surface area (Å²) in [5.74, 6) is -3.90. The predicted molar refractivity (Wildman–Crippen MR) is 193 cm³/mol. The monoisotopic (exact) mass is 860 g/mol. The normalized spacial score (nSPS) is 22.7. The van der Waals surface area contributed by atoms with E-state index in [1.165, 1.54) is 16.2 Å². The topological polar surface area (TPSA) is 109 Å². The van der Waals surface area contributed by atoms with E-state index in [2.05, 4.69) is 9.47 Å². The second-order valence-corrected chi connectivity index (χ2v) is 15.5. The number of benzene rings is 2. The molecule has 0 unspecified atom stereocenters. The second-order valence-electron chi connectivity index (χ2n) is 15.5. The number of carbonyl (C=O) groups excluding carboxylic acids is 2. The molecule has 0 spiro atoms. The van der Waals surface area contributed by atoms with Crippen LogP contribution in [-0.2, 0) is 9.47 Å². The van der Waals surface area contributed by atoms with E-state index < -0.39 is 77.5 Å². The number of carbonyl (C=O) groups is 2. The molecule has 0 aromatic heterocycles. The van der Waals surface area contributed by atoms with E-state index in [0.717, 1.165) is 71.3 Å². The third-order valence-electron chi connectivity index (χ3n) is 11.3. The number of rotatable bonds is 12. The Labute approximate surface area is 335 Å². The molecule has 2 aromatic rings. The van der Waals surface area contributed by atoms with Crippen molar-refractivity contribution in [1.82, 2.24) is 9.80 Å². The van der Waals surface area contributed by atoms with E-state index in [9.17, 15) is 53.5 Å². The average Bonchev–Trinajstić information content (AvgIpc) is 4.08. The van der Waals surface area contributed by atoms with Gasteiger partial charge in [-0.15, -0.1) is 0 Å². The van der Waals surface area contributed by atoms with Crippen LogP contribution in [0.25, 0.3) is 0 Å². The summed E-state index contributed by atoms with van der Waals surface area (Å²) in [7, 11) is 2.05. The Morgan fingerprint density at radius 2 is 1.03 bits per heavy atom. The Balaban J connectivity index is 0.000000216. The molecule has 0 bridgehead atoms. The minimum absolute atomic E-state index is 0.00492. The highest BCUT2D eigenvalue weighted by Crippen LogP contribution is 2.50. The first-order valence-corrected chi connectivity index (χ1v) is 19.4. The molecule has 2 heterocycles. The number of methoxy groups -OCH3 is 2. The molecule has 59 heavy (non-hydrogen) atoms. The van der Waals surface area contributed by atoms with Gasteiger partial charge in [0.1, 0.15) is 45.9 Å². The van der Waals surface area contributed by atoms with Crippen molar-refractivity contribution in [2.24, 2.45) is 35.5 Å². The first kappa shape index (κ1) is 47.8. The Kier molecular flexibility index (Phi) is 17.1. The van der Waals surface area contributed by atoms with E-state index in [1.54, 1.807) is 0 Å². The molecule has 332 valence electrons. The summed E-state index contributed by atoms with van der Waals surface area (Å²) in [6.07, 6.45) is -1.13. The smallest absolute Gasteiger partial charge is 0.401 e. The van der Waals surface area contributed by atoms with Gasteiger partial charge in [-0.05, 0) is 113 Å². The third kappa shape index (κ3) is 15.0. The number of phenolic OH excluding ortho intramolecular Hbond substituents is 1. The molecule has 9 nitrogen and oxygen atoms in total. The lowest BCUT2D eigenvalue weighted by atomic mass is 9.90. The van der Waals surface area contributed by atoms with Crippen molar-refractivity contribution < 1.29 is 77.9 Å². The van der Waals surface area contributed by atoms with E-state index in [1.807, 2.05) is 0 Å². The Hall–Kier alpha value is -3.84. The molecule has 2 aliphatic heterocycles. The largest absolute Gasteiger partial charge is 0.508 e. The van der Waals surface area contributed by atoms with Gasteiger partial charge < -0.3 is 24.4 Å². The first-order chi connectivity index (χ1) is 27.7. The summed E-state index contributed by atoms with van der Waals surface area (Å²) in [5, 5.41) is 17.6. The summed E-state index contributed by atoms with van der Waals surface area (Å²) in [6, 6.07) is 3.18. The molecular formula is C40H50F10N2O7. The lowest BCUT2D eigenvalue weighted by Gasteiger charge is -2.32. The number of aliphatic hydroxyl groups is 1. The molecule has 0 radical (unpaired) electrons. The Bertz CT molecular complexity index is 1650. The fraction of sp³-hybridized carbons (Fsp3) is 0.650.